The number of para-hydroxylation sites is 1. The van der Waals surface area contributed by atoms with Crippen LogP contribution in [-0.4, -0.2) is 18.1 Å². The topological polar surface area (TPSA) is 47.6 Å². The molecule has 0 aromatic heterocycles. The van der Waals surface area contributed by atoms with Crippen molar-refractivity contribution in [2.45, 2.75) is 32.8 Å². The normalized spacial score (nSPS) is 17.5. The second-order valence-corrected chi connectivity index (χ2v) is 4.65. The minimum Gasteiger partial charge on any atom is -0.490 e. The molecule has 0 aliphatic carbocycles. The van der Waals surface area contributed by atoms with Crippen molar-refractivity contribution in [3.63, 3.8) is 0 Å². The molecule has 1 N–H and O–H groups in total. The van der Waals surface area contributed by atoms with Crippen LogP contribution in [0.15, 0.2) is 18.2 Å². The van der Waals surface area contributed by atoms with E-state index in [-0.39, 0.29) is 5.91 Å². The molecule has 0 spiro atoms. The summed E-state index contributed by atoms with van der Waals surface area (Å²) < 4.78 is 11.4. The maximum Gasteiger partial charge on any atom is 0.228 e. The third kappa shape index (κ3) is 2.52. The summed E-state index contributed by atoms with van der Waals surface area (Å²) in [5.41, 5.74) is 0.147. The third-order valence-electron chi connectivity index (χ3n) is 2.52. The Balaban J connectivity index is 2.45. The second kappa shape index (κ2) is 4.28. The molecule has 4 heteroatoms. The third-order valence-corrected chi connectivity index (χ3v) is 2.52. The van der Waals surface area contributed by atoms with Crippen molar-refractivity contribution in [3.05, 3.63) is 18.2 Å². The Hall–Kier alpha value is -1.71. The monoisotopic (exact) mass is 235 g/mol. The lowest BCUT2D eigenvalue weighted by molar-refractivity contribution is -0.118. The highest BCUT2D eigenvalue weighted by atomic mass is 16.5. The van der Waals surface area contributed by atoms with Crippen LogP contribution in [0.4, 0.5) is 5.69 Å². The van der Waals surface area contributed by atoms with E-state index in [1.165, 1.54) is 0 Å². The van der Waals surface area contributed by atoms with Crippen LogP contribution in [0.5, 0.6) is 11.5 Å². The molecule has 4 nitrogen and oxygen atoms in total. The van der Waals surface area contributed by atoms with Gasteiger partial charge in [0.15, 0.2) is 11.5 Å². The molecule has 1 aliphatic rings. The minimum absolute atomic E-state index is 0.0394. The predicted molar refractivity (Wildman–Crippen MR) is 65.6 cm³/mol. The summed E-state index contributed by atoms with van der Waals surface area (Å²) in [6.07, 6.45) is 0.327. The van der Waals surface area contributed by atoms with Gasteiger partial charge in [-0.1, -0.05) is 6.07 Å². The average molecular weight is 235 g/mol. The standard InChI is InChI=1S/C13H17NO3/c1-4-16-10-7-5-6-9-12(10)17-13(2,3)8-11(15)14-9/h5-7H,4,8H2,1-3H3,(H,14,15). The lowest BCUT2D eigenvalue weighted by Gasteiger charge is -2.24. The highest BCUT2D eigenvalue weighted by molar-refractivity contribution is 5.94. The zero-order chi connectivity index (χ0) is 12.5. The van der Waals surface area contributed by atoms with Gasteiger partial charge in [0.2, 0.25) is 5.91 Å². The zero-order valence-electron chi connectivity index (χ0n) is 10.4. The Morgan fingerprint density at radius 1 is 1.47 bits per heavy atom. The number of amides is 1. The maximum atomic E-state index is 11.7. The first kappa shape index (κ1) is 11.8. The highest BCUT2D eigenvalue weighted by Gasteiger charge is 2.30. The van der Waals surface area contributed by atoms with Gasteiger partial charge in [-0.3, -0.25) is 4.79 Å². The average Bonchev–Trinajstić information content (AvgIpc) is 2.33. The molecule has 2 rings (SSSR count). The molecule has 0 atom stereocenters. The Bertz CT molecular complexity index is 440. The largest absolute Gasteiger partial charge is 0.490 e. The molecular formula is C13H17NO3. The van der Waals surface area contributed by atoms with Gasteiger partial charge in [-0.2, -0.15) is 0 Å². The van der Waals surface area contributed by atoms with Crippen LogP contribution in [0.2, 0.25) is 0 Å². The molecule has 0 fully saturated rings. The Morgan fingerprint density at radius 2 is 2.24 bits per heavy atom. The van der Waals surface area contributed by atoms with Gasteiger partial charge < -0.3 is 14.8 Å². The summed E-state index contributed by atoms with van der Waals surface area (Å²) in [5.74, 6) is 1.24. The molecule has 1 aromatic rings. The zero-order valence-corrected chi connectivity index (χ0v) is 10.4. The fourth-order valence-electron chi connectivity index (χ4n) is 1.88. The first-order valence-electron chi connectivity index (χ1n) is 5.76. The van der Waals surface area contributed by atoms with E-state index in [0.29, 0.717) is 30.2 Å². The first-order valence-corrected chi connectivity index (χ1v) is 5.76. The van der Waals surface area contributed by atoms with Crippen LogP contribution in [0.1, 0.15) is 27.2 Å². The van der Waals surface area contributed by atoms with Crippen molar-refractivity contribution in [2.24, 2.45) is 0 Å². The van der Waals surface area contributed by atoms with E-state index in [2.05, 4.69) is 5.32 Å². The van der Waals surface area contributed by atoms with Crippen LogP contribution in [0.3, 0.4) is 0 Å². The van der Waals surface area contributed by atoms with Gasteiger partial charge in [-0.05, 0) is 32.9 Å². The number of benzene rings is 1. The summed E-state index contributed by atoms with van der Waals surface area (Å²) in [6.45, 7) is 6.27. The first-order chi connectivity index (χ1) is 8.02. The summed E-state index contributed by atoms with van der Waals surface area (Å²) in [7, 11) is 0. The molecule has 0 unspecified atom stereocenters. The second-order valence-electron chi connectivity index (χ2n) is 4.65. The van der Waals surface area contributed by atoms with Gasteiger partial charge in [0.05, 0.1) is 18.7 Å². The smallest absolute Gasteiger partial charge is 0.228 e. The number of fused-ring (bicyclic) bond motifs is 1. The van der Waals surface area contributed by atoms with Crippen molar-refractivity contribution >= 4 is 11.6 Å². The van der Waals surface area contributed by atoms with E-state index < -0.39 is 5.60 Å². The van der Waals surface area contributed by atoms with Crippen LogP contribution in [0, 0.1) is 0 Å². The van der Waals surface area contributed by atoms with Crippen LogP contribution >= 0.6 is 0 Å². The lowest BCUT2D eigenvalue weighted by atomic mass is 10.1. The number of hydrogen-bond acceptors (Lipinski definition) is 3. The van der Waals surface area contributed by atoms with Crippen molar-refractivity contribution < 1.29 is 14.3 Å². The molecular weight excluding hydrogens is 218 g/mol. The summed E-state index contributed by atoms with van der Waals surface area (Å²) in [6, 6.07) is 5.50. The van der Waals surface area contributed by atoms with Crippen molar-refractivity contribution in [1.29, 1.82) is 0 Å². The van der Waals surface area contributed by atoms with Gasteiger partial charge in [0, 0.05) is 0 Å². The fraction of sp³-hybridized carbons (Fsp3) is 0.462. The van der Waals surface area contributed by atoms with Gasteiger partial charge >= 0.3 is 0 Å². The lowest BCUT2D eigenvalue weighted by Crippen LogP contribution is -2.31. The fourth-order valence-corrected chi connectivity index (χ4v) is 1.88. The van der Waals surface area contributed by atoms with E-state index >= 15 is 0 Å². The molecule has 1 aliphatic heterocycles. The number of nitrogens with one attached hydrogen (secondary N) is 1. The molecule has 1 amide bonds. The van der Waals surface area contributed by atoms with Crippen LogP contribution < -0.4 is 14.8 Å². The van der Waals surface area contributed by atoms with Crippen molar-refractivity contribution in [2.75, 3.05) is 11.9 Å². The molecule has 1 aromatic carbocycles. The number of carbonyl (C=O) groups excluding carboxylic acids is 1. The number of rotatable bonds is 2. The molecule has 17 heavy (non-hydrogen) atoms. The van der Waals surface area contributed by atoms with Crippen LogP contribution in [0.25, 0.3) is 0 Å². The van der Waals surface area contributed by atoms with E-state index in [1.54, 1.807) is 0 Å². The summed E-state index contributed by atoms with van der Waals surface area (Å²) >= 11 is 0. The molecule has 92 valence electrons. The van der Waals surface area contributed by atoms with E-state index in [1.807, 2.05) is 39.0 Å². The van der Waals surface area contributed by atoms with Crippen molar-refractivity contribution in [3.8, 4) is 11.5 Å². The Kier molecular flexibility index (Phi) is 2.96. The molecule has 0 saturated heterocycles. The van der Waals surface area contributed by atoms with Gasteiger partial charge in [0.1, 0.15) is 5.60 Å². The molecule has 0 radical (unpaired) electrons. The number of hydrogen-bond donors (Lipinski definition) is 1. The number of anilines is 1. The molecule has 1 heterocycles. The van der Waals surface area contributed by atoms with Gasteiger partial charge in [-0.25, -0.2) is 0 Å². The predicted octanol–water partition coefficient (Wildman–Crippen LogP) is 2.58. The Morgan fingerprint density at radius 3 is 2.94 bits per heavy atom. The summed E-state index contributed by atoms with van der Waals surface area (Å²) in [5, 5.41) is 2.83. The molecule has 0 saturated carbocycles. The summed E-state index contributed by atoms with van der Waals surface area (Å²) in [4.78, 5) is 11.7. The van der Waals surface area contributed by atoms with Crippen molar-refractivity contribution in [1.82, 2.24) is 0 Å². The SMILES string of the molecule is CCOc1cccc2c1OC(C)(C)CC(=O)N2. The molecule has 0 bridgehead atoms. The maximum absolute atomic E-state index is 11.7. The minimum atomic E-state index is -0.525. The van der Waals surface area contributed by atoms with Gasteiger partial charge in [-0.15, -0.1) is 0 Å². The van der Waals surface area contributed by atoms with E-state index in [9.17, 15) is 4.79 Å². The van der Waals surface area contributed by atoms with Crippen LogP contribution in [-0.2, 0) is 4.79 Å². The number of carbonyl (C=O) groups is 1. The van der Waals surface area contributed by atoms with Gasteiger partial charge in [0.25, 0.3) is 0 Å². The Labute approximate surface area is 101 Å². The van der Waals surface area contributed by atoms with E-state index in [4.69, 9.17) is 9.47 Å². The number of ether oxygens (including phenoxy) is 2. The highest BCUT2D eigenvalue weighted by Crippen LogP contribution is 2.40. The quantitative estimate of drug-likeness (QED) is 0.857. The van der Waals surface area contributed by atoms with E-state index in [0.717, 1.165) is 0 Å².